The van der Waals surface area contributed by atoms with E-state index in [0.717, 1.165) is 17.9 Å². The molecule has 1 unspecified atom stereocenters. The Morgan fingerprint density at radius 3 is 2.78 bits per heavy atom. The second-order valence-electron chi connectivity index (χ2n) is 3.99. The molecule has 18 heavy (non-hydrogen) atoms. The number of ether oxygens (including phenoxy) is 1. The van der Waals surface area contributed by atoms with E-state index >= 15 is 0 Å². The summed E-state index contributed by atoms with van der Waals surface area (Å²) in [4.78, 5) is 1.47. The number of aryl methyl sites for hydroxylation is 1. The Kier molecular flexibility index (Phi) is 3.88. The first-order valence-electron chi connectivity index (χ1n) is 5.77. The van der Waals surface area contributed by atoms with E-state index in [1.807, 2.05) is 31.3 Å². The molecule has 0 aliphatic heterocycles. The van der Waals surface area contributed by atoms with Crippen LogP contribution in [0.3, 0.4) is 0 Å². The fraction of sp³-hybridized carbons (Fsp3) is 0.417. The second kappa shape index (κ2) is 5.59. The molecule has 2 aromatic rings. The van der Waals surface area contributed by atoms with Crippen molar-refractivity contribution in [1.82, 2.24) is 25.5 Å². The molecule has 96 valence electrons. The molecule has 6 nitrogen and oxygen atoms in total. The van der Waals surface area contributed by atoms with Crippen LogP contribution in [0.2, 0.25) is 0 Å². The summed E-state index contributed by atoms with van der Waals surface area (Å²) in [7, 11) is 5.33. The lowest BCUT2D eigenvalue weighted by Crippen LogP contribution is -2.20. The summed E-state index contributed by atoms with van der Waals surface area (Å²) >= 11 is 0. The van der Waals surface area contributed by atoms with Gasteiger partial charge in [0, 0.05) is 12.1 Å². The Bertz CT molecular complexity index is 511. The van der Waals surface area contributed by atoms with Gasteiger partial charge >= 0.3 is 0 Å². The quantitative estimate of drug-likeness (QED) is 0.836. The van der Waals surface area contributed by atoms with Crippen molar-refractivity contribution in [3.63, 3.8) is 0 Å². The van der Waals surface area contributed by atoms with Crippen molar-refractivity contribution in [2.45, 2.75) is 5.92 Å². The van der Waals surface area contributed by atoms with E-state index in [9.17, 15) is 0 Å². The van der Waals surface area contributed by atoms with Crippen LogP contribution in [0.4, 0.5) is 0 Å². The molecule has 1 N–H and O–H groups in total. The van der Waals surface area contributed by atoms with Gasteiger partial charge < -0.3 is 10.1 Å². The van der Waals surface area contributed by atoms with E-state index in [4.69, 9.17) is 4.74 Å². The van der Waals surface area contributed by atoms with Crippen LogP contribution in [0.25, 0.3) is 0 Å². The predicted molar refractivity (Wildman–Crippen MR) is 67.6 cm³/mol. The Balaban J connectivity index is 2.41. The maximum Gasteiger partial charge on any atom is 0.183 e. The Labute approximate surface area is 106 Å². The first kappa shape index (κ1) is 12.5. The molecule has 1 heterocycles. The molecular weight excluding hydrogens is 230 g/mol. The maximum atomic E-state index is 5.39. The van der Waals surface area contributed by atoms with E-state index in [1.165, 1.54) is 4.80 Å². The summed E-state index contributed by atoms with van der Waals surface area (Å²) in [5.74, 6) is 1.56. The lowest BCUT2D eigenvalue weighted by atomic mass is 9.97. The highest BCUT2D eigenvalue weighted by Gasteiger charge is 2.21. The van der Waals surface area contributed by atoms with E-state index < -0.39 is 0 Å². The van der Waals surface area contributed by atoms with Crippen LogP contribution in [0.1, 0.15) is 17.3 Å². The standard InChI is InChI=1S/C12H17N5O/c1-13-8-10(12-14-16-17(2)15-12)9-6-4-5-7-11(9)18-3/h4-7,10,13H,8H2,1-3H3. The van der Waals surface area contributed by atoms with Crippen LogP contribution in [0.15, 0.2) is 24.3 Å². The molecule has 0 aliphatic carbocycles. The van der Waals surface area contributed by atoms with Gasteiger partial charge in [0.05, 0.1) is 20.1 Å². The summed E-state index contributed by atoms with van der Waals surface area (Å²) in [5, 5.41) is 15.4. The van der Waals surface area contributed by atoms with Gasteiger partial charge in [-0.25, -0.2) is 0 Å². The lowest BCUT2D eigenvalue weighted by molar-refractivity contribution is 0.406. The highest BCUT2D eigenvalue weighted by molar-refractivity contribution is 5.39. The van der Waals surface area contributed by atoms with Crippen LogP contribution < -0.4 is 10.1 Å². The number of methoxy groups -OCH3 is 1. The molecule has 0 bridgehead atoms. The average Bonchev–Trinajstić information content (AvgIpc) is 2.82. The Morgan fingerprint density at radius 2 is 2.17 bits per heavy atom. The zero-order valence-corrected chi connectivity index (χ0v) is 10.8. The van der Waals surface area contributed by atoms with Crippen molar-refractivity contribution in [1.29, 1.82) is 0 Å². The Morgan fingerprint density at radius 1 is 1.39 bits per heavy atom. The summed E-state index contributed by atoms with van der Waals surface area (Å²) in [6, 6.07) is 7.89. The number of rotatable bonds is 5. The van der Waals surface area contributed by atoms with Gasteiger partial charge in [-0.15, -0.1) is 10.2 Å². The highest BCUT2D eigenvalue weighted by Crippen LogP contribution is 2.29. The number of hydrogen-bond donors (Lipinski definition) is 1. The molecule has 0 aliphatic rings. The zero-order valence-electron chi connectivity index (χ0n) is 10.8. The van der Waals surface area contributed by atoms with Crippen molar-refractivity contribution < 1.29 is 4.74 Å². The van der Waals surface area contributed by atoms with Crippen LogP contribution in [-0.2, 0) is 7.05 Å². The monoisotopic (exact) mass is 247 g/mol. The average molecular weight is 247 g/mol. The fourth-order valence-electron chi connectivity index (χ4n) is 1.94. The number of nitrogens with zero attached hydrogens (tertiary/aromatic N) is 4. The molecule has 0 spiro atoms. The Hall–Kier alpha value is -1.95. The van der Waals surface area contributed by atoms with E-state index in [2.05, 4.69) is 20.7 Å². The number of nitrogens with one attached hydrogen (secondary N) is 1. The largest absolute Gasteiger partial charge is 0.496 e. The third-order valence-electron chi connectivity index (χ3n) is 2.76. The smallest absolute Gasteiger partial charge is 0.183 e. The van der Waals surface area contributed by atoms with Gasteiger partial charge in [0.15, 0.2) is 5.82 Å². The lowest BCUT2D eigenvalue weighted by Gasteiger charge is -2.16. The number of likely N-dealkylation sites (N-methyl/N-ethyl adjacent to an activating group) is 1. The van der Waals surface area contributed by atoms with Crippen molar-refractivity contribution >= 4 is 0 Å². The van der Waals surface area contributed by atoms with E-state index in [1.54, 1.807) is 14.2 Å². The molecule has 0 saturated carbocycles. The van der Waals surface area contributed by atoms with Crippen LogP contribution >= 0.6 is 0 Å². The molecule has 1 atom stereocenters. The number of aromatic nitrogens is 4. The predicted octanol–water partition coefficient (Wildman–Crippen LogP) is 0.570. The molecule has 0 saturated heterocycles. The van der Waals surface area contributed by atoms with Crippen molar-refractivity contribution in [2.24, 2.45) is 7.05 Å². The number of benzene rings is 1. The topological polar surface area (TPSA) is 64.9 Å². The minimum Gasteiger partial charge on any atom is -0.496 e. The first-order valence-corrected chi connectivity index (χ1v) is 5.77. The minimum atomic E-state index is 0.0276. The normalized spacial score (nSPS) is 12.4. The van der Waals surface area contributed by atoms with E-state index in [-0.39, 0.29) is 5.92 Å². The van der Waals surface area contributed by atoms with Crippen LogP contribution in [0.5, 0.6) is 5.75 Å². The SMILES string of the molecule is CNCC(c1nnn(C)n1)c1ccccc1OC. The molecule has 2 rings (SSSR count). The second-order valence-corrected chi connectivity index (χ2v) is 3.99. The first-order chi connectivity index (χ1) is 8.76. The van der Waals surface area contributed by atoms with Crippen molar-refractivity contribution in [2.75, 3.05) is 20.7 Å². The fourth-order valence-corrected chi connectivity index (χ4v) is 1.94. The van der Waals surface area contributed by atoms with Gasteiger partial charge in [0.1, 0.15) is 5.75 Å². The summed E-state index contributed by atoms with van der Waals surface area (Å²) in [6.45, 7) is 0.728. The number of tetrazole rings is 1. The number of hydrogen-bond acceptors (Lipinski definition) is 5. The molecular formula is C12H17N5O. The zero-order chi connectivity index (χ0) is 13.0. The third kappa shape index (κ3) is 2.48. The summed E-state index contributed by atoms with van der Waals surface area (Å²) in [5.41, 5.74) is 1.06. The minimum absolute atomic E-state index is 0.0276. The maximum absolute atomic E-state index is 5.39. The van der Waals surface area contributed by atoms with Crippen molar-refractivity contribution in [3.05, 3.63) is 35.7 Å². The molecule has 1 aromatic carbocycles. The van der Waals surface area contributed by atoms with Crippen LogP contribution in [0, 0.1) is 0 Å². The molecule has 0 amide bonds. The van der Waals surface area contributed by atoms with Gasteiger partial charge in [-0.2, -0.15) is 4.80 Å². The van der Waals surface area contributed by atoms with Crippen molar-refractivity contribution in [3.8, 4) is 5.75 Å². The third-order valence-corrected chi connectivity index (χ3v) is 2.76. The van der Waals surface area contributed by atoms with E-state index in [0.29, 0.717) is 5.82 Å². The number of para-hydroxylation sites is 1. The van der Waals surface area contributed by atoms with Gasteiger partial charge in [-0.3, -0.25) is 0 Å². The molecule has 1 aromatic heterocycles. The van der Waals surface area contributed by atoms with Crippen LogP contribution in [-0.4, -0.2) is 40.9 Å². The molecule has 0 fully saturated rings. The van der Waals surface area contributed by atoms with Gasteiger partial charge in [0.2, 0.25) is 0 Å². The van der Waals surface area contributed by atoms with Gasteiger partial charge in [0.25, 0.3) is 0 Å². The van der Waals surface area contributed by atoms with Gasteiger partial charge in [-0.1, -0.05) is 18.2 Å². The highest BCUT2D eigenvalue weighted by atomic mass is 16.5. The molecule has 6 heteroatoms. The van der Waals surface area contributed by atoms with Gasteiger partial charge in [-0.05, 0) is 18.3 Å². The summed E-state index contributed by atoms with van der Waals surface area (Å²) < 4.78 is 5.39. The summed E-state index contributed by atoms with van der Waals surface area (Å²) in [6.07, 6.45) is 0. The molecule has 0 radical (unpaired) electrons.